The van der Waals surface area contributed by atoms with E-state index in [4.69, 9.17) is 0 Å². The molecule has 1 heterocycles. The first kappa shape index (κ1) is 15.8. The number of likely N-dealkylation sites (tertiary alicyclic amines) is 1. The van der Waals surface area contributed by atoms with E-state index in [9.17, 15) is 0 Å². The van der Waals surface area contributed by atoms with Crippen LogP contribution in [0.5, 0.6) is 0 Å². The van der Waals surface area contributed by atoms with E-state index in [1.807, 2.05) is 0 Å². The van der Waals surface area contributed by atoms with Gasteiger partial charge >= 0.3 is 0 Å². The smallest absolute Gasteiger partial charge is 0.00940 e. The van der Waals surface area contributed by atoms with Gasteiger partial charge in [0.05, 0.1) is 0 Å². The summed E-state index contributed by atoms with van der Waals surface area (Å²) in [6.45, 7) is 6.29. The Bertz CT molecular complexity index is 296. The van der Waals surface area contributed by atoms with Crippen LogP contribution in [0.15, 0.2) is 0 Å². The number of rotatable bonds is 5. The van der Waals surface area contributed by atoms with E-state index in [0.717, 1.165) is 23.9 Å². The Labute approximate surface area is 132 Å². The van der Waals surface area contributed by atoms with Crippen LogP contribution in [-0.2, 0) is 0 Å². The van der Waals surface area contributed by atoms with Crippen molar-refractivity contribution < 1.29 is 0 Å². The van der Waals surface area contributed by atoms with Crippen molar-refractivity contribution in [1.82, 2.24) is 10.2 Å². The van der Waals surface area contributed by atoms with Crippen molar-refractivity contribution in [1.29, 1.82) is 0 Å². The van der Waals surface area contributed by atoms with Gasteiger partial charge in [-0.25, -0.2) is 0 Å². The van der Waals surface area contributed by atoms with Crippen molar-refractivity contribution >= 4 is 0 Å². The van der Waals surface area contributed by atoms with E-state index in [1.54, 1.807) is 0 Å². The first-order chi connectivity index (χ1) is 10.3. The molecule has 1 saturated heterocycles. The van der Waals surface area contributed by atoms with Crippen LogP contribution in [0.4, 0.5) is 0 Å². The van der Waals surface area contributed by atoms with Crippen LogP contribution in [0, 0.1) is 11.8 Å². The fourth-order valence-electron chi connectivity index (χ4n) is 5.06. The number of piperidine rings is 1. The van der Waals surface area contributed by atoms with Crippen LogP contribution in [0.3, 0.4) is 0 Å². The summed E-state index contributed by atoms with van der Waals surface area (Å²) in [7, 11) is 0. The average Bonchev–Trinajstić information content (AvgIpc) is 2.54. The molecule has 21 heavy (non-hydrogen) atoms. The van der Waals surface area contributed by atoms with Crippen molar-refractivity contribution in [2.75, 3.05) is 19.6 Å². The van der Waals surface area contributed by atoms with E-state index in [0.29, 0.717) is 0 Å². The normalized spacial score (nSPS) is 35.6. The number of unbranched alkanes of at least 4 members (excludes halogenated alkanes) is 1. The average molecular weight is 293 g/mol. The zero-order chi connectivity index (χ0) is 14.5. The third-order valence-corrected chi connectivity index (χ3v) is 6.43. The number of nitrogens with zero attached hydrogens (tertiary/aromatic N) is 1. The van der Waals surface area contributed by atoms with Gasteiger partial charge < -0.3 is 10.2 Å². The summed E-state index contributed by atoms with van der Waals surface area (Å²) >= 11 is 0. The molecule has 3 fully saturated rings. The largest absolute Gasteiger partial charge is 0.311 e. The van der Waals surface area contributed by atoms with E-state index >= 15 is 0 Å². The van der Waals surface area contributed by atoms with Crippen LogP contribution in [0.25, 0.3) is 0 Å². The van der Waals surface area contributed by atoms with Crippen molar-refractivity contribution in [2.24, 2.45) is 11.8 Å². The Kier molecular flexibility index (Phi) is 5.99. The number of hydrogen-bond acceptors (Lipinski definition) is 2. The van der Waals surface area contributed by atoms with Gasteiger partial charge in [-0.3, -0.25) is 0 Å². The van der Waals surface area contributed by atoms with Gasteiger partial charge in [0, 0.05) is 12.1 Å². The van der Waals surface area contributed by atoms with E-state index in [2.05, 4.69) is 17.1 Å². The molecule has 122 valence electrons. The number of fused-ring (bicyclic) bond motifs is 1. The standard InChI is InChI=1S/C19H36N2/c1-2-3-12-21-13-10-18(11-14-21)20-19-9-8-16-6-4-5-7-17(16)15-19/h16-20H,2-15H2,1H3. The summed E-state index contributed by atoms with van der Waals surface area (Å²) in [4.78, 5) is 2.68. The quantitative estimate of drug-likeness (QED) is 0.817. The highest BCUT2D eigenvalue weighted by atomic mass is 15.1. The molecule has 2 aliphatic carbocycles. The molecule has 0 bridgehead atoms. The maximum atomic E-state index is 4.04. The fourth-order valence-corrected chi connectivity index (χ4v) is 5.06. The van der Waals surface area contributed by atoms with Gasteiger partial charge in [0.2, 0.25) is 0 Å². The maximum absolute atomic E-state index is 4.04. The molecule has 1 N–H and O–H groups in total. The highest BCUT2D eigenvalue weighted by Gasteiger charge is 2.33. The van der Waals surface area contributed by atoms with Crippen LogP contribution >= 0.6 is 0 Å². The minimum atomic E-state index is 0.813. The van der Waals surface area contributed by atoms with Crippen molar-refractivity contribution in [3.8, 4) is 0 Å². The molecule has 1 aliphatic heterocycles. The van der Waals surface area contributed by atoms with Crippen LogP contribution in [0.1, 0.15) is 77.6 Å². The maximum Gasteiger partial charge on any atom is 0.00940 e. The van der Waals surface area contributed by atoms with Crippen LogP contribution < -0.4 is 5.32 Å². The predicted molar refractivity (Wildman–Crippen MR) is 90.6 cm³/mol. The van der Waals surface area contributed by atoms with Crippen LogP contribution in [0.2, 0.25) is 0 Å². The second-order valence-corrected chi connectivity index (χ2v) is 7.95. The van der Waals surface area contributed by atoms with Gasteiger partial charge in [-0.2, -0.15) is 0 Å². The van der Waals surface area contributed by atoms with E-state index in [-0.39, 0.29) is 0 Å². The number of hydrogen-bond donors (Lipinski definition) is 1. The molecule has 2 nitrogen and oxygen atoms in total. The van der Waals surface area contributed by atoms with Crippen LogP contribution in [-0.4, -0.2) is 36.6 Å². The second-order valence-electron chi connectivity index (χ2n) is 7.95. The first-order valence-electron chi connectivity index (χ1n) is 9.83. The SMILES string of the molecule is CCCCN1CCC(NC2CCC3CCCCC3C2)CC1. The number of nitrogens with one attached hydrogen (secondary N) is 1. The molecule has 2 heteroatoms. The van der Waals surface area contributed by atoms with Gasteiger partial charge in [0.25, 0.3) is 0 Å². The molecule has 3 unspecified atom stereocenters. The Balaban J connectivity index is 1.37. The monoisotopic (exact) mass is 292 g/mol. The summed E-state index contributed by atoms with van der Waals surface area (Å²) in [5.41, 5.74) is 0. The zero-order valence-corrected chi connectivity index (χ0v) is 14.2. The molecule has 3 rings (SSSR count). The lowest BCUT2D eigenvalue weighted by atomic mass is 9.69. The summed E-state index contributed by atoms with van der Waals surface area (Å²) in [6.07, 6.45) is 16.0. The minimum Gasteiger partial charge on any atom is -0.311 e. The first-order valence-corrected chi connectivity index (χ1v) is 9.83. The highest BCUT2D eigenvalue weighted by Crippen LogP contribution is 2.40. The van der Waals surface area contributed by atoms with Crippen molar-refractivity contribution in [3.63, 3.8) is 0 Å². The molecule has 0 amide bonds. The molecule has 0 radical (unpaired) electrons. The highest BCUT2D eigenvalue weighted by molar-refractivity contribution is 4.89. The molecule has 3 atom stereocenters. The van der Waals surface area contributed by atoms with Crippen molar-refractivity contribution in [2.45, 2.75) is 89.6 Å². The molecule has 0 aromatic carbocycles. The summed E-state index contributed by atoms with van der Waals surface area (Å²) in [6, 6.07) is 1.66. The van der Waals surface area contributed by atoms with Gasteiger partial charge in [-0.05, 0) is 70.0 Å². The Morgan fingerprint density at radius 1 is 0.857 bits per heavy atom. The summed E-state index contributed by atoms with van der Waals surface area (Å²) in [5.74, 6) is 2.15. The Morgan fingerprint density at radius 3 is 2.38 bits per heavy atom. The fraction of sp³-hybridized carbons (Fsp3) is 1.00. The third kappa shape index (κ3) is 4.45. The molecule has 2 saturated carbocycles. The third-order valence-electron chi connectivity index (χ3n) is 6.43. The minimum absolute atomic E-state index is 0.813. The predicted octanol–water partition coefficient (Wildman–Crippen LogP) is 4.20. The zero-order valence-electron chi connectivity index (χ0n) is 14.2. The van der Waals surface area contributed by atoms with Gasteiger partial charge in [-0.1, -0.05) is 39.0 Å². The van der Waals surface area contributed by atoms with E-state index in [1.165, 1.54) is 90.3 Å². The van der Waals surface area contributed by atoms with Gasteiger partial charge in [-0.15, -0.1) is 0 Å². The molecule has 0 aromatic heterocycles. The van der Waals surface area contributed by atoms with Gasteiger partial charge in [0.15, 0.2) is 0 Å². The molecule has 0 spiro atoms. The Morgan fingerprint density at radius 2 is 1.62 bits per heavy atom. The summed E-state index contributed by atoms with van der Waals surface area (Å²) in [5, 5.41) is 4.04. The molecule has 3 aliphatic rings. The Hall–Kier alpha value is -0.0800. The topological polar surface area (TPSA) is 15.3 Å². The van der Waals surface area contributed by atoms with E-state index < -0.39 is 0 Å². The molecular formula is C19H36N2. The van der Waals surface area contributed by atoms with Gasteiger partial charge in [0.1, 0.15) is 0 Å². The second kappa shape index (κ2) is 7.97. The lowest BCUT2D eigenvalue weighted by molar-refractivity contribution is 0.125. The molecular weight excluding hydrogens is 256 g/mol. The summed E-state index contributed by atoms with van der Waals surface area (Å²) < 4.78 is 0. The van der Waals surface area contributed by atoms with Crippen molar-refractivity contribution in [3.05, 3.63) is 0 Å². The molecule has 0 aromatic rings. The lowest BCUT2D eigenvalue weighted by Gasteiger charge is -2.42. The lowest BCUT2D eigenvalue weighted by Crippen LogP contribution is -2.48.